The van der Waals surface area contributed by atoms with Crippen LogP contribution in [0, 0.1) is 6.92 Å². The highest BCUT2D eigenvalue weighted by Gasteiger charge is 2.22. The summed E-state index contributed by atoms with van der Waals surface area (Å²) in [6.45, 7) is 2.25. The Morgan fingerprint density at radius 3 is 2.28 bits per heavy atom. The number of nitrogens with one attached hydrogen (secondary N) is 3. The Bertz CT molecular complexity index is 848. The third-order valence-electron chi connectivity index (χ3n) is 4.78. The lowest BCUT2D eigenvalue weighted by atomic mass is 10.1. The fraction of sp³-hybridized carbons (Fsp3) is 0.364. The zero-order chi connectivity index (χ0) is 21.6. The number of benzene rings is 2. The van der Waals surface area contributed by atoms with Gasteiger partial charge in [0, 0.05) is 25.3 Å². The fourth-order valence-corrected chi connectivity index (χ4v) is 3.03. The van der Waals surface area contributed by atoms with Gasteiger partial charge in [-0.1, -0.05) is 18.2 Å². The van der Waals surface area contributed by atoms with E-state index in [2.05, 4.69) is 22.8 Å². The highest BCUT2D eigenvalue weighted by atomic mass is 16.5. The zero-order valence-electron chi connectivity index (χ0n) is 18.0. The molecule has 0 saturated heterocycles. The molecule has 7 nitrogen and oxygen atoms in total. The van der Waals surface area contributed by atoms with Crippen LogP contribution in [-0.4, -0.2) is 53.7 Å². The van der Waals surface area contributed by atoms with E-state index in [0.29, 0.717) is 18.0 Å². The van der Waals surface area contributed by atoms with Gasteiger partial charge in [-0.2, -0.15) is 0 Å². The fourth-order valence-electron chi connectivity index (χ4n) is 3.03. The number of carbonyl (C=O) groups excluding carboxylic acids is 2. The molecule has 0 aliphatic heterocycles. The second-order valence-electron chi connectivity index (χ2n) is 7.48. The van der Waals surface area contributed by atoms with Crippen LogP contribution in [0.5, 0.6) is 5.75 Å². The van der Waals surface area contributed by atoms with E-state index in [-0.39, 0.29) is 6.04 Å². The number of likely N-dealkylation sites (N-methyl/N-ethyl adjacent to an activating group) is 1. The van der Waals surface area contributed by atoms with Crippen LogP contribution >= 0.6 is 0 Å². The summed E-state index contributed by atoms with van der Waals surface area (Å²) in [6.07, 6.45) is 0. The van der Waals surface area contributed by atoms with Crippen LogP contribution in [0.2, 0.25) is 0 Å². The van der Waals surface area contributed by atoms with E-state index in [1.165, 1.54) is 7.11 Å². The van der Waals surface area contributed by atoms with Crippen molar-refractivity contribution in [2.45, 2.75) is 13.0 Å². The highest BCUT2D eigenvalue weighted by Crippen LogP contribution is 2.25. The molecule has 2 rings (SSSR count). The summed E-state index contributed by atoms with van der Waals surface area (Å²) in [4.78, 5) is 27.9. The van der Waals surface area contributed by atoms with Gasteiger partial charge in [-0.25, -0.2) is 0 Å². The second kappa shape index (κ2) is 9.93. The Kier molecular flexibility index (Phi) is 7.61. The van der Waals surface area contributed by atoms with Crippen LogP contribution in [0.3, 0.4) is 0 Å². The normalized spacial score (nSPS) is 11.7. The lowest BCUT2D eigenvalue weighted by Gasteiger charge is -2.23. The number of quaternary nitrogens is 1. The SMILES string of the molecule is COc1ccc(C)cc1NC(=O)C(=O)NC[C@@H](c1ccc(N(C)C)cc1)[NH+](C)C. The van der Waals surface area contributed by atoms with Crippen LogP contribution in [-0.2, 0) is 9.59 Å². The highest BCUT2D eigenvalue weighted by molar-refractivity contribution is 6.39. The van der Waals surface area contributed by atoms with Crippen molar-refractivity contribution in [1.82, 2.24) is 5.32 Å². The molecule has 0 aliphatic carbocycles. The van der Waals surface area contributed by atoms with E-state index in [9.17, 15) is 9.59 Å². The number of methoxy groups -OCH3 is 1. The van der Waals surface area contributed by atoms with Crippen molar-refractivity contribution in [2.24, 2.45) is 0 Å². The molecular weight excluding hydrogens is 368 g/mol. The number of nitrogens with zero attached hydrogens (tertiary/aromatic N) is 1. The van der Waals surface area contributed by atoms with Gasteiger partial charge in [-0.3, -0.25) is 9.59 Å². The second-order valence-corrected chi connectivity index (χ2v) is 7.48. The molecule has 0 spiro atoms. The van der Waals surface area contributed by atoms with E-state index in [1.807, 2.05) is 58.2 Å². The predicted octanol–water partition coefficient (Wildman–Crippen LogP) is 1.01. The summed E-state index contributed by atoms with van der Waals surface area (Å²) in [5, 5.41) is 5.38. The summed E-state index contributed by atoms with van der Waals surface area (Å²) >= 11 is 0. The molecule has 0 aliphatic rings. The Balaban J connectivity index is 2.03. The summed E-state index contributed by atoms with van der Waals surface area (Å²) in [7, 11) is 9.55. The first-order valence-electron chi connectivity index (χ1n) is 9.54. The molecule has 0 unspecified atom stereocenters. The van der Waals surface area contributed by atoms with Crippen molar-refractivity contribution in [3.05, 3.63) is 53.6 Å². The minimum Gasteiger partial charge on any atom is -0.495 e. The maximum absolute atomic E-state index is 12.4. The lowest BCUT2D eigenvalue weighted by Crippen LogP contribution is -3.07. The van der Waals surface area contributed by atoms with Gasteiger partial charge in [0.05, 0.1) is 33.4 Å². The number of hydrogen-bond donors (Lipinski definition) is 3. The number of rotatable bonds is 7. The molecule has 0 fully saturated rings. The van der Waals surface area contributed by atoms with Crippen molar-refractivity contribution in [3.63, 3.8) is 0 Å². The van der Waals surface area contributed by atoms with Crippen molar-refractivity contribution in [1.29, 1.82) is 0 Å². The van der Waals surface area contributed by atoms with E-state index in [4.69, 9.17) is 4.74 Å². The molecule has 2 amide bonds. The minimum atomic E-state index is -0.718. The average molecular weight is 400 g/mol. The molecule has 1 atom stereocenters. The Hall–Kier alpha value is -3.06. The van der Waals surface area contributed by atoms with Gasteiger partial charge in [-0.05, 0) is 36.8 Å². The molecule has 0 radical (unpaired) electrons. The van der Waals surface area contributed by atoms with E-state index >= 15 is 0 Å². The van der Waals surface area contributed by atoms with Crippen molar-refractivity contribution < 1.29 is 19.2 Å². The Morgan fingerprint density at radius 1 is 1.07 bits per heavy atom. The molecule has 0 saturated carbocycles. The third kappa shape index (κ3) is 5.96. The van der Waals surface area contributed by atoms with Crippen molar-refractivity contribution >= 4 is 23.2 Å². The summed E-state index contributed by atoms with van der Waals surface area (Å²) in [5.74, 6) is -0.887. The first kappa shape index (κ1) is 22.2. The molecule has 0 bridgehead atoms. The van der Waals surface area contributed by atoms with Gasteiger partial charge >= 0.3 is 11.8 Å². The number of aryl methyl sites for hydroxylation is 1. The first-order valence-corrected chi connectivity index (χ1v) is 9.54. The van der Waals surface area contributed by atoms with E-state index in [0.717, 1.165) is 21.7 Å². The largest absolute Gasteiger partial charge is 0.495 e. The molecule has 7 heteroatoms. The van der Waals surface area contributed by atoms with Crippen LogP contribution < -0.4 is 25.2 Å². The molecule has 0 aromatic heterocycles. The molecule has 2 aromatic carbocycles. The van der Waals surface area contributed by atoms with Crippen molar-refractivity contribution in [3.8, 4) is 5.75 Å². The van der Waals surface area contributed by atoms with Gasteiger partial charge in [0.25, 0.3) is 0 Å². The molecule has 2 aromatic rings. The molecule has 3 N–H and O–H groups in total. The van der Waals surface area contributed by atoms with Crippen LogP contribution in [0.25, 0.3) is 0 Å². The smallest absolute Gasteiger partial charge is 0.313 e. The summed E-state index contributed by atoms with van der Waals surface area (Å²) in [6, 6.07) is 13.6. The number of carbonyl (C=O) groups is 2. The zero-order valence-corrected chi connectivity index (χ0v) is 18.0. The third-order valence-corrected chi connectivity index (χ3v) is 4.78. The Labute approximate surface area is 172 Å². The van der Waals surface area contributed by atoms with Gasteiger partial charge in [0.2, 0.25) is 0 Å². The van der Waals surface area contributed by atoms with Crippen LogP contribution in [0.1, 0.15) is 17.2 Å². The van der Waals surface area contributed by atoms with Crippen LogP contribution in [0.4, 0.5) is 11.4 Å². The van der Waals surface area contributed by atoms with Crippen LogP contribution in [0.15, 0.2) is 42.5 Å². The van der Waals surface area contributed by atoms with Crippen molar-refractivity contribution in [2.75, 3.05) is 52.1 Å². The maximum atomic E-state index is 12.4. The number of amides is 2. The number of ether oxygens (including phenoxy) is 1. The van der Waals surface area contributed by atoms with Gasteiger partial charge in [0.1, 0.15) is 11.8 Å². The van der Waals surface area contributed by atoms with E-state index < -0.39 is 11.8 Å². The number of anilines is 2. The predicted molar refractivity (Wildman–Crippen MR) is 116 cm³/mol. The summed E-state index contributed by atoms with van der Waals surface area (Å²) < 4.78 is 5.24. The maximum Gasteiger partial charge on any atom is 0.313 e. The monoisotopic (exact) mass is 399 g/mol. The molecule has 156 valence electrons. The average Bonchev–Trinajstić information content (AvgIpc) is 2.68. The Morgan fingerprint density at radius 2 is 1.72 bits per heavy atom. The molecular formula is C22H31N4O3+. The summed E-state index contributed by atoms with van der Waals surface area (Å²) in [5.41, 5.74) is 3.63. The minimum absolute atomic E-state index is 0.0245. The lowest BCUT2D eigenvalue weighted by molar-refractivity contribution is -0.890. The van der Waals surface area contributed by atoms with E-state index in [1.54, 1.807) is 12.1 Å². The first-order chi connectivity index (χ1) is 13.7. The standard InChI is InChI=1S/C22H30N4O3/c1-15-7-12-20(29-6)18(13-15)24-22(28)21(27)23-14-19(26(4)5)16-8-10-17(11-9-16)25(2)3/h7-13,19H,14H2,1-6H3,(H,23,27)(H,24,28)/p+1/t19-/m0/s1. The van der Waals surface area contributed by atoms with Gasteiger partial charge < -0.3 is 25.2 Å². The van der Waals surface area contributed by atoms with Gasteiger partial charge in [0.15, 0.2) is 0 Å². The molecule has 29 heavy (non-hydrogen) atoms. The number of hydrogen-bond acceptors (Lipinski definition) is 4. The topological polar surface area (TPSA) is 75.1 Å². The quantitative estimate of drug-likeness (QED) is 0.608. The van der Waals surface area contributed by atoms with Gasteiger partial charge in [-0.15, -0.1) is 0 Å². The molecule has 0 heterocycles.